The normalized spacial score (nSPS) is 15.0. The van der Waals surface area contributed by atoms with Crippen molar-refractivity contribution in [2.75, 3.05) is 27.2 Å². The van der Waals surface area contributed by atoms with Crippen LogP contribution in [0.15, 0.2) is 36.5 Å². The summed E-state index contributed by atoms with van der Waals surface area (Å²) < 4.78 is 0. The van der Waals surface area contributed by atoms with Gasteiger partial charge in [0.15, 0.2) is 0 Å². The standard InChI is InChI=1S/C24H31N5O/c1-26-12-15-7-16(13-27-2)9-18(8-15)19-10-20-22(17-3-5-28-6-4-17)14-29-23(20)21(11-19)24(25)30/h7-11,14,17,26-29H,3-6,12-13H2,1-2H3,(H2,25,30). The first-order chi connectivity index (χ1) is 14.6. The Morgan fingerprint density at radius 2 is 1.63 bits per heavy atom. The molecule has 1 aliphatic rings. The van der Waals surface area contributed by atoms with Crippen LogP contribution in [0.1, 0.15) is 45.8 Å². The third-order valence-electron chi connectivity index (χ3n) is 6.01. The van der Waals surface area contributed by atoms with Crippen LogP contribution in [0.2, 0.25) is 0 Å². The molecule has 30 heavy (non-hydrogen) atoms. The topological polar surface area (TPSA) is 95.0 Å². The van der Waals surface area contributed by atoms with Gasteiger partial charge in [0.1, 0.15) is 0 Å². The number of amides is 1. The van der Waals surface area contributed by atoms with Crippen LogP contribution in [-0.2, 0) is 13.1 Å². The minimum Gasteiger partial charge on any atom is -0.366 e. The fraction of sp³-hybridized carbons (Fsp3) is 0.375. The van der Waals surface area contributed by atoms with E-state index in [1.54, 1.807) is 0 Å². The number of piperidine rings is 1. The summed E-state index contributed by atoms with van der Waals surface area (Å²) in [6.45, 7) is 3.64. The number of aromatic amines is 1. The van der Waals surface area contributed by atoms with Crippen LogP contribution < -0.4 is 21.7 Å². The number of nitrogens with one attached hydrogen (secondary N) is 4. The van der Waals surface area contributed by atoms with Gasteiger partial charge >= 0.3 is 0 Å². The van der Waals surface area contributed by atoms with E-state index in [0.29, 0.717) is 11.5 Å². The van der Waals surface area contributed by atoms with Crippen LogP contribution in [0.3, 0.4) is 0 Å². The molecule has 0 radical (unpaired) electrons. The van der Waals surface area contributed by atoms with E-state index in [2.05, 4.69) is 51.4 Å². The maximum Gasteiger partial charge on any atom is 0.250 e. The van der Waals surface area contributed by atoms with Crippen molar-refractivity contribution in [1.29, 1.82) is 0 Å². The number of rotatable bonds is 7. The smallest absolute Gasteiger partial charge is 0.250 e. The molecule has 1 aliphatic heterocycles. The van der Waals surface area contributed by atoms with Crippen molar-refractivity contribution in [2.45, 2.75) is 31.8 Å². The number of nitrogens with two attached hydrogens (primary N) is 1. The Morgan fingerprint density at radius 3 is 2.23 bits per heavy atom. The molecular formula is C24H31N5O. The van der Waals surface area contributed by atoms with Crippen molar-refractivity contribution < 1.29 is 4.79 Å². The predicted molar refractivity (Wildman–Crippen MR) is 123 cm³/mol. The summed E-state index contributed by atoms with van der Waals surface area (Å²) in [5, 5.41) is 11.0. The molecule has 2 heterocycles. The van der Waals surface area contributed by atoms with E-state index >= 15 is 0 Å². The van der Waals surface area contributed by atoms with Crippen LogP contribution >= 0.6 is 0 Å². The van der Waals surface area contributed by atoms with Gasteiger partial charge in [-0.25, -0.2) is 0 Å². The zero-order valence-electron chi connectivity index (χ0n) is 17.8. The van der Waals surface area contributed by atoms with Gasteiger partial charge in [-0.3, -0.25) is 4.79 Å². The maximum absolute atomic E-state index is 12.3. The predicted octanol–water partition coefficient (Wildman–Crippen LogP) is 2.84. The molecule has 0 saturated carbocycles. The number of carbonyl (C=O) groups excluding carboxylic acids is 1. The molecule has 6 heteroatoms. The Labute approximate surface area is 177 Å². The van der Waals surface area contributed by atoms with E-state index < -0.39 is 5.91 Å². The monoisotopic (exact) mass is 405 g/mol. The van der Waals surface area contributed by atoms with Crippen molar-refractivity contribution in [3.8, 4) is 11.1 Å². The quantitative estimate of drug-likeness (QED) is 0.418. The van der Waals surface area contributed by atoms with Gasteiger partial charge in [0.2, 0.25) is 0 Å². The summed E-state index contributed by atoms with van der Waals surface area (Å²) >= 11 is 0. The summed E-state index contributed by atoms with van der Waals surface area (Å²) in [6, 6.07) is 10.7. The molecular weight excluding hydrogens is 374 g/mol. The van der Waals surface area contributed by atoms with Gasteiger partial charge in [0.05, 0.1) is 11.1 Å². The van der Waals surface area contributed by atoms with Gasteiger partial charge < -0.3 is 26.7 Å². The molecule has 0 unspecified atom stereocenters. The second-order valence-electron chi connectivity index (χ2n) is 8.18. The molecule has 1 fully saturated rings. The Bertz CT molecular complexity index is 1020. The van der Waals surface area contributed by atoms with Crippen LogP contribution in [0, 0.1) is 0 Å². The van der Waals surface area contributed by atoms with Crippen LogP contribution in [-0.4, -0.2) is 38.1 Å². The minimum atomic E-state index is -0.401. The van der Waals surface area contributed by atoms with Gasteiger partial charge in [-0.1, -0.05) is 6.07 Å². The SMILES string of the molecule is CNCc1cc(CNC)cc(-c2cc(C(N)=O)c3[nH]cc(C4CCNCC4)c3c2)c1. The molecule has 2 aromatic carbocycles. The van der Waals surface area contributed by atoms with Gasteiger partial charge in [-0.15, -0.1) is 0 Å². The van der Waals surface area contributed by atoms with E-state index in [9.17, 15) is 4.79 Å². The van der Waals surface area contributed by atoms with E-state index in [0.717, 1.165) is 61.1 Å². The van der Waals surface area contributed by atoms with Crippen molar-refractivity contribution in [3.63, 3.8) is 0 Å². The minimum absolute atomic E-state index is 0.401. The van der Waals surface area contributed by atoms with Crippen molar-refractivity contribution in [2.24, 2.45) is 5.73 Å². The third kappa shape index (κ3) is 4.12. The van der Waals surface area contributed by atoms with Crippen molar-refractivity contribution in [1.82, 2.24) is 20.9 Å². The van der Waals surface area contributed by atoms with E-state index in [1.807, 2.05) is 20.2 Å². The number of benzene rings is 2. The highest BCUT2D eigenvalue weighted by atomic mass is 16.1. The zero-order valence-corrected chi connectivity index (χ0v) is 17.8. The number of carbonyl (C=O) groups is 1. The lowest BCUT2D eigenvalue weighted by molar-refractivity contribution is 0.100. The third-order valence-corrected chi connectivity index (χ3v) is 6.01. The van der Waals surface area contributed by atoms with Gasteiger partial charge in [0.25, 0.3) is 5.91 Å². The number of hydrogen-bond donors (Lipinski definition) is 5. The second kappa shape index (κ2) is 9.00. The molecule has 158 valence electrons. The summed E-state index contributed by atoms with van der Waals surface area (Å²) in [7, 11) is 3.90. The summed E-state index contributed by atoms with van der Waals surface area (Å²) in [5.41, 5.74) is 13.0. The van der Waals surface area contributed by atoms with Gasteiger partial charge in [-0.2, -0.15) is 0 Å². The van der Waals surface area contributed by atoms with E-state index in [4.69, 9.17) is 5.73 Å². The van der Waals surface area contributed by atoms with Crippen molar-refractivity contribution in [3.05, 3.63) is 58.8 Å². The van der Waals surface area contributed by atoms with Crippen LogP contribution in [0.4, 0.5) is 0 Å². The number of primary amides is 1. The zero-order chi connectivity index (χ0) is 21.1. The van der Waals surface area contributed by atoms with E-state index in [-0.39, 0.29) is 0 Å². The Hall–Kier alpha value is -2.67. The number of fused-ring (bicyclic) bond motifs is 1. The molecule has 6 N–H and O–H groups in total. The van der Waals surface area contributed by atoms with Gasteiger partial charge in [-0.05, 0) is 98.0 Å². The Morgan fingerprint density at radius 1 is 1.00 bits per heavy atom. The molecule has 0 spiro atoms. The largest absolute Gasteiger partial charge is 0.366 e. The molecule has 6 nitrogen and oxygen atoms in total. The average molecular weight is 406 g/mol. The number of aromatic nitrogens is 1. The first-order valence-electron chi connectivity index (χ1n) is 10.7. The van der Waals surface area contributed by atoms with Crippen molar-refractivity contribution >= 4 is 16.8 Å². The number of hydrogen-bond acceptors (Lipinski definition) is 4. The molecule has 4 rings (SSSR count). The average Bonchev–Trinajstić information content (AvgIpc) is 3.18. The first-order valence-corrected chi connectivity index (χ1v) is 10.7. The molecule has 1 aromatic heterocycles. The van der Waals surface area contributed by atoms with Crippen LogP contribution in [0.5, 0.6) is 0 Å². The molecule has 1 saturated heterocycles. The lowest BCUT2D eigenvalue weighted by Crippen LogP contribution is -2.26. The summed E-state index contributed by atoms with van der Waals surface area (Å²) in [4.78, 5) is 15.6. The lowest BCUT2D eigenvalue weighted by atomic mass is 9.88. The molecule has 0 aliphatic carbocycles. The molecule has 0 bridgehead atoms. The Kier molecular flexibility index (Phi) is 6.18. The highest BCUT2D eigenvalue weighted by Gasteiger charge is 2.21. The fourth-order valence-electron chi connectivity index (χ4n) is 4.63. The first kappa shape index (κ1) is 20.6. The maximum atomic E-state index is 12.3. The molecule has 1 amide bonds. The second-order valence-corrected chi connectivity index (χ2v) is 8.18. The summed E-state index contributed by atoms with van der Waals surface area (Å²) in [5.74, 6) is 0.0915. The Balaban J connectivity index is 1.87. The molecule has 0 atom stereocenters. The van der Waals surface area contributed by atoms with E-state index in [1.165, 1.54) is 16.7 Å². The summed E-state index contributed by atoms with van der Waals surface area (Å²) in [6.07, 6.45) is 4.28. The van der Waals surface area contributed by atoms with Gasteiger partial charge in [0, 0.05) is 24.7 Å². The highest BCUT2D eigenvalue weighted by molar-refractivity contribution is 6.07. The highest BCUT2D eigenvalue weighted by Crippen LogP contribution is 2.36. The molecule has 3 aromatic rings. The lowest BCUT2D eigenvalue weighted by Gasteiger charge is -2.22. The van der Waals surface area contributed by atoms with Crippen LogP contribution in [0.25, 0.3) is 22.0 Å². The number of H-pyrrole nitrogens is 1. The fourth-order valence-corrected chi connectivity index (χ4v) is 4.63.